The number of halogens is 1. The van der Waals surface area contributed by atoms with Crippen LogP contribution >= 0.6 is 11.6 Å². The first-order valence-electron chi connectivity index (χ1n) is 5.81. The molecule has 0 radical (unpaired) electrons. The summed E-state index contributed by atoms with van der Waals surface area (Å²) in [7, 11) is 0. The highest BCUT2D eigenvalue weighted by atomic mass is 35.5. The molecule has 0 bridgehead atoms. The molecule has 0 fully saturated rings. The molecule has 2 heteroatoms. The maximum Gasteiger partial charge on any atom is 0.0705 e. The van der Waals surface area contributed by atoms with Crippen LogP contribution in [0.5, 0.6) is 0 Å². The van der Waals surface area contributed by atoms with Gasteiger partial charge >= 0.3 is 0 Å². The molecule has 0 aliphatic rings. The average Bonchev–Trinajstić information content (AvgIpc) is 2.35. The molecular weight excluding hydrogens is 230 g/mol. The van der Waals surface area contributed by atoms with Crippen molar-refractivity contribution in [1.29, 1.82) is 0 Å². The number of allylic oxidation sites excluding steroid dienone is 2. The quantitative estimate of drug-likeness (QED) is 0.722. The Labute approximate surface area is 107 Å². The number of aryl methyl sites for hydroxylation is 1. The lowest BCUT2D eigenvalue weighted by atomic mass is 10.0. The van der Waals surface area contributed by atoms with Gasteiger partial charge in [0.15, 0.2) is 0 Å². The van der Waals surface area contributed by atoms with E-state index in [0.29, 0.717) is 5.88 Å². The topological polar surface area (TPSA) is 12.9 Å². The molecule has 0 unspecified atom stereocenters. The molecule has 1 aromatic carbocycles. The molecule has 1 nitrogen and oxygen atoms in total. The van der Waals surface area contributed by atoms with E-state index in [1.807, 2.05) is 13.0 Å². The summed E-state index contributed by atoms with van der Waals surface area (Å²) in [6.45, 7) is 4.13. The first kappa shape index (κ1) is 12.1. The number of nitrogens with zero attached hydrogens (tertiary/aromatic N) is 1. The molecule has 2 aromatic rings. The maximum absolute atomic E-state index is 5.69. The zero-order valence-corrected chi connectivity index (χ0v) is 11.0. The second-order valence-electron chi connectivity index (χ2n) is 4.22. The number of fused-ring (bicyclic) bond motifs is 1. The van der Waals surface area contributed by atoms with Gasteiger partial charge in [0.1, 0.15) is 0 Å². The van der Waals surface area contributed by atoms with Crippen LogP contribution in [0.4, 0.5) is 0 Å². The van der Waals surface area contributed by atoms with E-state index in [1.165, 1.54) is 16.5 Å². The first-order valence-corrected chi connectivity index (χ1v) is 6.34. The van der Waals surface area contributed by atoms with Crippen molar-refractivity contribution in [3.63, 3.8) is 0 Å². The molecule has 0 N–H and O–H groups in total. The maximum atomic E-state index is 5.69. The van der Waals surface area contributed by atoms with Gasteiger partial charge in [0, 0.05) is 17.0 Å². The lowest BCUT2D eigenvalue weighted by molar-refractivity contribution is 1.23. The highest BCUT2D eigenvalue weighted by molar-refractivity contribution is 6.17. The van der Waals surface area contributed by atoms with Gasteiger partial charge in [-0.25, -0.2) is 0 Å². The minimum Gasteiger partial charge on any atom is -0.253 e. The Balaban J connectivity index is 2.41. The zero-order valence-electron chi connectivity index (χ0n) is 10.2. The molecular formula is C15H16ClN. The van der Waals surface area contributed by atoms with Crippen molar-refractivity contribution >= 4 is 28.1 Å². The number of alkyl halides is 1. The van der Waals surface area contributed by atoms with E-state index in [0.717, 1.165) is 17.6 Å². The Morgan fingerprint density at radius 2 is 2.12 bits per heavy atom. The fourth-order valence-electron chi connectivity index (χ4n) is 1.86. The number of pyridine rings is 1. The van der Waals surface area contributed by atoms with E-state index in [2.05, 4.69) is 42.2 Å². The van der Waals surface area contributed by atoms with Crippen LogP contribution < -0.4 is 0 Å². The number of aromatic nitrogens is 1. The molecule has 17 heavy (non-hydrogen) atoms. The molecule has 88 valence electrons. The molecule has 0 atom stereocenters. The van der Waals surface area contributed by atoms with Gasteiger partial charge in [-0.15, -0.1) is 11.6 Å². The fraction of sp³-hybridized carbons (Fsp3) is 0.267. The SMILES string of the molecule is C/C(=C/CCCl)c1ccc2nc(C)ccc2c1. The number of rotatable bonds is 3. The van der Waals surface area contributed by atoms with Crippen LogP contribution in [0.25, 0.3) is 16.5 Å². The summed E-state index contributed by atoms with van der Waals surface area (Å²) >= 11 is 5.69. The Bertz CT molecular complexity index is 558. The molecule has 0 saturated carbocycles. The van der Waals surface area contributed by atoms with Crippen LogP contribution in [-0.4, -0.2) is 10.9 Å². The van der Waals surface area contributed by atoms with Gasteiger partial charge in [0.05, 0.1) is 5.52 Å². The molecule has 0 amide bonds. The van der Waals surface area contributed by atoms with Gasteiger partial charge < -0.3 is 0 Å². The second kappa shape index (κ2) is 5.33. The Morgan fingerprint density at radius 3 is 2.88 bits per heavy atom. The van der Waals surface area contributed by atoms with Crippen molar-refractivity contribution in [2.75, 3.05) is 5.88 Å². The molecule has 0 saturated heterocycles. The van der Waals surface area contributed by atoms with E-state index in [1.54, 1.807) is 0 Å². The average molecular weight is 246 g/mol. The van der Waals surface area contributed by atoms with Crippen LogP contribution in [0.3, 0.4) is 0 Å². The van der Waals surface area contributed by atoms with Gasteiger partial charge in [-0.1, -0.05) is 18.2 Å². The summed E-state index contributed by atoms with van der Waals surface area (Å²) in [5.74, 6) is 0.672. The lowest BCUT2D eigenvalue weighted by Gasteiger charge is -2.04. The van der Waals surface area contributed by atoms with Crippen LogP contribution in [0.15, 0.2) is 36.4 Å². The Hall–Kier alpha value is -1.34. The minimum absolute atomic E-state index is 0.672. The summed E-state index contributed by atoms with van der Waals surface area (Å²) in [4.78, 5) is 4.50. The summed E-state index contributed by atoms with van der Waals surface area (Å²) in [6, 6.07) is 10.5. The van der Waals surface area contributed by atoms with Crippen molar-refractivity contribution in [1.82, 2.24) is 4.98 Å². The van der Waals surface area contributed by atoms with Crippen molar-refractivity contribution in [3.05, 3.63) is 47.7 Å². The van der Waals surface area contributed by atoms with Crippen LogP contribution in [-0.2, 0) is 0 Å². The molecule has 0 aliphatic heterocycles. The van der Waals surface area contributed by atoms with Crippen LogP contribution in [0, 0.1) is 6.92 Å². The first-order chi connectivity index (χ1) is 8.20. The van der Waals surface area contributed by atoms with E-state index < -0.39 is 0 Å². The van der Waals surface area contributed by atoms with Gasteiger partial charge in [-0.3, -0.25) is 4.98 Å². The highest BCUT2D eigenvalue weighted by Crippen LogP contribution is 2.20. The third-order valence-electron chi connectivity index (χ3n) is 2.84. The van der Waals surface area contributed by atoms with Crippen LogP contribution in [0.2, 0.25) is 0 Å². The normalized spacial score (nSPS) is 12.1. The zero-order chi connectivity index (χ0) is 12.3. The van der Waals surface area contributed by atoms with Gasteiger partial charge in [-0.2, -0.15) is 0 Å². The van der Waals surface area contributed by atoms with Gasteiger partial charge in [0.2, 0.25) is 0 Å². The second-order valence-corrected chi connectivity index (χ2v) is 4.60. The van der Waals surface area contributed by atoms with Crippen molar-refractivity contribution in [2.24, 2.45) is 0 Å². The van der Waals surface area contributed by atoms with E-state index >= 15 is 0 Å². The molecule has 0 aliphatic carbocycles. The minimum atomic E-state index is 0.672. The third kappa shape index (κ3) is 2.86. The Kier molecular flexibility index (Phi) is 3.80. The van der Waals surface area contributed by atoms with Crippen molar-refractivity contribution < 1.29 is 0 Å². The summed E-state index contributed by atoms with van der Waals surface area (Å²) in [5, 5.41) is 1.19. The number of benzene rings is 1. The third-order valence-corrected chi connectivity index (χ3v) is 3.06. The highest BCUT2D eigenvalue weighted by Gasteiger charge is 1.99. The van der Waals surface area contributed by atoms with Gasteiger partial charge in [0.25, 0.3) is 0 Å². The standard InChI is InChI=1S/C15H16ClN/c1-11(4-3-9-16)13-7-8-15-14(10-13)6-5-12(2)17-15/h4-8,10H,3,9H2,1-2H3/b11-4-. The molecule has 1 aromatic heterocycles. The van der Waals surface area contributed by atoms with Gasteiger partial charge in [-0.05, 0) is 49.6 Å². The predicted octanol–water partition coefficient (Wildman–Crippen LogP) is 4.58. The van der Waals surface area contributed by atoms with Crippen molar-refractivity contribution in [2.45, 2.75) is 20.3 Å². The summed E-state index contributed by atoms with van der Waals surface area (Å²) < 4.78 is 0. The molecule has 1 heterocycles. The lowest BCUT2D eigenvalue weighted by Crippen LogP contribution is -1.86. The number of hydrogen-bond donors (Lipinski definition) is 0. The molecule has 2 rings (SSSR count). The smallest absolute Gasteiger partial charge is 0.0705 e. The largest absolute Gasteiger partial charge is 0.253 e. The predicted molar refractivity (Wildman–Crippen MR) is 75.5 cm³/mol. The summed E-state index contributed by atoms with van der Waals surface area (Å²) in [6.07, 6.45) is 3.09. The van der Waals surface area contributed by atoms with E-state index in [4.69, 9.17) is 11.6 Å². The van der Waals surface area contributed by atoms with Crippen molar-refractivity contribution in [3.8, 4) is 0 Å². The molecule has 0 spiro atoms. The monoisotopic (exact) mass is 245 g/mol. The number of hydrogen-bond acceptors (Lipinski definition) is 1. The fourth-order valence-corrected chi connectivity index (χ4v) is 1.97. The van der Waals surface area contributed by atoms with E-state index in [-0.39, 0.29) is 0 Å². The summed E-state index contributed by atoms with van der Waals surface area (Å²) in [5.41, 5.74) is 4.62. The van der Waals surface area contributed by atoms with Crippen LogP contribution in [0.1, 0.15) is 24.6 Å². The van der Waals surface area contributed by atoms with E-state index in [9.17, 15) is 0 Å². The Morgan fingerprint density at radius 1 is 1.29 bits per heavy atom.